The summed E-state index contributed by atoms with van der Waals surface area (Å²) in [5, 5.41) is 0. The SMILES string of the molecule is Cc1oc(CN)cc1COc1cccc(C(C)(C)C)c1. The second-order valence-electron chi connectivity index (χ2n) is 6.06. The van der Waals surface area contributed by atoms with Crippen molar-refractivity contribution in [1.82, 2.24) is 0 Å². The van der Waals surface area contributed by atoms with Crippen LogP contribution in [-0.4, -0.2) is 0 Å². The monoisotopic (exact) mass is 273 g/mol. The normalized spacial score (nSPS) is 11.7. The summed E-state index contributed by atoms with van der Waals surface area (Å²) >= 11 is 0. The van der Waals surface area contributed by atoms with Crippen LogP contribution in [0, 0.1) is 6.92 Å². The van der Waals surface area contributed by atoms with E-state index >= 15 is 0 Å². The third-order valence-corrected chi connectivity index (χ3v) is 3.37. The maximum absolute atomic E-state index is 5.87. The Morgan fingerprint density at radius 3 is 2.55 bits per heavy atom. The highest BCUT2D eigenvalue weighted by Gasteiger charge is 2.14. The number of hydrogen-bond acceptors (Lipinski definition) is 3. The number of aryl methyl sites for hydroxylation is 1. The van der Waals surface area contributed by atoms with E-state index in [1.54, 1.807) is 0 Å². The van der Waals surface area contributed by atoms with Gasteiger partial charge in [-0.25, -0.2) is 0 Å². The van der Waals surface area contributed by atoms with Gasteiger partial charge in [0.1, 0.15) is 23.9 Å². The second kappa shape index (κ2) is 5.71. The summed E-state index contributed by atoms with van der Waals surface area (Å²) < 4.78 is 11.4. The zero-order valence-electron chi connectivity index (χ0n) is 12.7. The van der Waals surface area contributed by atoms with Crippen LogP contribution < -0.4 is 10.5 Å². The molecule has 0 amide bonds. The van der Waals surface area contributed by atoms with Crippen molar-refractivity contribution >= 4 is 0 Å². The first-order valence-corrected chi connectivity index (χ1v) is 6.92. The van der Waals surface area contributed by atoms with E-state index in [0.29, 0.717) is 13.2 Å². The smallest absolute Gasteiger partial charge is 0.120 e. The molecule has 0 atom stereocenters. The molecule has 0 saturated carbocycles. The van der Waals surface area contributed by atoms with Crippen molar-refractivity contribution in [2.45, 2.75) is 46.3 Å². The van der Waals surface area contributed by atoms with Crippen molar-refractivity contribution in [2.75, 3.05) is 0 Å². The van der Waals surface area contributed by atoms with Crippen molar-refractivity contribution in [3.8, 4) is 5.75 Å². The van der Waals surface area contributed by atoms with E-state index in [1.165, 1.54) is 5.56 Å². The molecule has 0 radical (unpaired) electrons. The molecular weight excluding hydrogens is 250 g/mol. The molecule has 2 rings (SSSR count). The van der Waals surface area contributed by atoms with Gasteiger partial charge in [0.2, 0.25) is 0 Å². The average Bonchev–Trinajstić information content (AvgIpc) is 2.76. The lowest BCUT2D eigenvalue weighted by atomic mass is 9.87. The molecule has 2 aromatic rings. The minimum Gasteiger partial charge on any atom is -0.489 e. The molecule has 0 saturated heterocycles. The summed E-state index contributed by atoms with van der Waals surface area (Å²) in [6, 6.07) is 10.2. The first-order valence-electron chi connectivity index (χ1n) is 6.92. The highest BCUT2D eigenvalue weighted by molar-refractivity contribution is 5.33. The molecule has 3 nitrogen and oxygen atoms in total. The van der Waals surface area contributed by atoms with Gasteiger partial charge in [-0.05, 0) is 36.1 Å². The van der Waals surface area contributed by atoms with Crippen LogP contribution in [0.5, 0.6) is 5.75 Å². The molecule has 1 aromatic carbocycles. The fourth-order valence-electron chi connectivity index (χ4n) is 2.04. The topological polar surface area (TPSA) is 48.4 Å². The van der Waals surface area contributed by atoms with Gasteiger partial charge in [0, 0.05) is 5.56 Å². The number of rotatable bonds is 4. The molecule has 0 fully saturated rings. The quantitative estimate of drug-likeness (QED) is 0.918. The number of benzene rings is 1. The third kappa shape index (κ3) is 3.42. The summed E-state index contributed by atoms with van der Waals surface area (Å²) in [5.74, 6) is 2.55. The zero-order chi connectivity index (χ0) is 14.8. The standard InChI is InChI=1S/C17H23NO2/c1-12-13(8-16(10-18)20-12)11-19-15-7-5-6-14(9-15)17(2,3)4/h5-9H,10-11,18H2,1-4H3. The van der Waals surface area contributed by atoms with Crippen molar-refractivity contribution in [2.24, 2.45) is 5.73 Å². The van der Waals surface area contributed by atoms with Gasteiger partial charge in [0.15, 0.2) is 0 Å². The average molecular weight is 273 g/mol. The van der Waals surface area contributed by atoms with E-state index in [4.69, 9.17) is 14.9 Å². The zero-order valence-corrected chi connectivity index (χ0v) is 12.7. The van der Waals surface area contributed by atoms with E-state index in [1.807, 2.05) is 25.1 Å². The van der Waals surface area contributed by atoms with Crippen LogP contribution in [0.3, 0.4) is 0 Å². The van der Waals surface area contributed by atoms with Crippen molar-refractivity contribution in [3.63, 3.8) is 0 Å². The van der Waals surface area contributed by atoms with E-state index in [0.717, 1.165) is 22.8 Å². The van der Waals surface area contributed by atoms with Crippen LogP contribution in [0.4, 0.5) is 0 Å². The van der Waals surface area contributed by atoms with E-state index in [-0.39, 0.29) is 5.41 Å². The summed E-state index contributed by atoms with van der Waals surface area (Å²) in [4.78, 5) is 0. The van der Waals surface area contributed by atoms with Crippen molar-refractivity contribution in [3.05, 3.63) is 53.0 Å². The van der Waals surface area contributed by atoms with Gasteiger partial charge < -0.3 is 14.9 Å². The summed E-state index contributed by atoms with van der Waals surface area (Å²) in [6.45, 7) is 9.44. The van der Waals surface area contributed by atoms with Gasteiger partial charge in [-0.2, -0.15) is 0 Å². The molecule has 2 N–H and O–H groups in total. The number of furan rings is 1. The molecule has 0 spiro atoms. The predicted molar refractivity (Wildman–Crippen MR) is 80.8 cm³/mol. The Labute approximate surface area is 120 Å². The molecule has 0 aliphatic carbocycles. The maximum Gasteiger partial charge on any atom is 0.120 e. The van der Waals surface area contributed by atoms with Crippen molar-refractivity contribution < 1.29 is 9.15 Å². The second-order valence-corrected chi connectivity index (χ2v) is 6.06. The Hall–Kier alpha value is -1.74. The van der Waals surface area contributed by atoms with E-state index in [2.05, 4.69) is 32.9 Å². The van der Waals surface area contributed by atoms with E-state index in [9.17, 15) is 0 Å². The molecule has 20 heavy (non-hydrogen) atoms. The molecule has 0 aliphatic rings. The lowest BCUT2D eigenvalue weighted by Crippen LogP contribution is -2.10. The Kier molecular flexibility index (Phi) is 4.19. The summed E-state index contributed by atoms with van der Waals surface area (Å²) in [5.41, 5.74) is 8.01. The van der Waals surface area contributed by atoms with Crippen LogP contribution in [0.15, 0.2) is 34.7 Å². The maximum atomic E-state index is 5.87. The Morgan fingerprint density at radius 1 is 1.20 bits per heavy atom. The number of hydrogen-bond donors (Lipinski definition) is 1. The van der Waals surface area contributed by atoms with Crippen LogP contribution in [0.1, 0.15) is 43.4 Å². The Bertz CT molecular complexity index is 579. The predicted octanol–water partition coefficient (Wildman–Crippen LogP) is 3.92. The molecule has 0 unspecified atom stereocenters. The van der Waals surface area contributed by atoms with Gasteiger partial charge in [-0.3, -0.25) is 0 Å². The van der Waals surface area contributed by atoms with Gasteiger partial charge in [0.05, 0.1) is 6.54 Å². The van der Waals surface area contributed by atoms with Gasteiger partial charge in [-0.15, -0.1) is 0 Å². The Morgan fingerprint density at radius 2 is 1.95 bits per heavy atom. The first-order chi connectivity index (χ1) is 9.40. The minimum absolute atomic E-state index is 0.123. The lowest BCUT2D eigenvalue weighted by Gasteiger charge is -2.19. The van der Waals surface area contributed by atoms with Gasteiger partial charge >= 0.3 is 0 Å². The molecular formula is C17H23NO2. The van der Waals surface area contributed by atoms with Gasteiger partial charge in [0.25, 0.3) is 0 Å². The fourth-order valence-corrected chi connectivity index (χ4v) is 2.04. The summed E-state index contributed by atoms with van der Waals surface area (Å²) in [6.07, 6.45) is 0. The molecule has 1 aromatic heterocycles. The molecule has 108 valence electrons. The highest BCUT2D eigenvalue weighted by Crippen LogP contribution is 2.26. The lowest BCUT2D eigenvalue weighted by molar-refractivity contribution is 0.302. The first kappa shape index (κ1) is 14.7. The molecule has 1 heterocycles. The van der Waals surface area contributed by atoms with Gasteiger partial charge in [-0.1, -0.05) is 32.9 Å². The molecule has 0 bridgehead atoms. The van der Waals surface area contributed by atoms with Crippen molar-refractivity contribution in [1.29, 1.82) is 0 Å². The minimum atomic E-state index is 0.123. The largest absolute Gasteiger partial charge is 0.489 e. The van der Waals surface area contributed by atoms with E-state index < -0.39 is 0 Å². The Balaban J connectivity index is 2.09. The highest BCUT2D eigenvalue weighted by atomic mass is 16.5. The molecule has 0 aliphatic heterocycles. The number of ether oxygens (including phenoxy) is 1. The fraction of sp³-hybridized carbons (Fsp3) is 0.412. The van der Waals surface area contributed by atoms with Crippen LogP contribution in [-0.2, 0) is 18.6 Å². The molecule has 3 heteroatoms. The van der Waals surface area contributed by atoms with Crippen LogP contribution in [0.25, 0.3) is 0 Å². The third-order valence-electron chi connectivity index (χ3n) is 3.37. The van der Waals surface area contributed by atoms with Crippen LogP contribution >= 0.6 is 0 Å². The van der Waals surface area contributed by atoms with Crippen LogP contribution in [0.2, 0.25) is 0 Å². The summed E-state index contributed by atoms with van der Waals surface area (Å²) in [7, 11) is 0. The number of nitrogens with two attached hydrogens (primary N) is 1.